The van der Waals surface area contributed by atoms with Gasteiger partial charge in [0.2, 0.25) is 5.91 Å². The second kappa shape index (κ2) is 8.31. The van der Waals surface area contributed by atoms with Crippen LogP contribution in [-0.4, -0.2) is 38.2 Å². The summed E-state index contributed by atoms with van der Waals surface area (Å²) in [7, 11) is 0. The Kier molecular flexibility index (Phi) is 7.53. The number of amides is 2. The zero-order chi connectivity index (χ0) is 10.8. The molecule has 0 fully saturated rings. The van der Waals surface area contributed by atoms with Gasteiger partial charge in [-0.05, 0) is 6.42 Å². The van der Waals surface area contributed by atoms with Crippen LogP contribution < -0.4 is 16.4 Å². The lowest BCUT2D eigenvalue weighted by Gasteiger charge is -2.05. The molecule has 0 aliphatic rings. The Morgan fingerprint density at radius 3 is 2.64 bits per heavy atom. The zero-order valence-electron chi connectivity index (χ0n) is 8.34. The Labute approximate surface area is 83.2 Å². The van der Waals surface area contributed by atoms with E-state index in [-0.39, 0.29) is 19.1 Å². The van der Waals surface area contributed by atoms with Crippen molar-refractivity contribution in [1.29, 1.82) is 0 Å². The SMILES string of the molecule is CCCNC(=O)CNCCOC(N)=O. The first kappa shape index (κ1) is 12.7. The molecule has 0 aromatic carbocycles. The number of hydrogen-bond donors (Lipinski definition) is 3. The van der Waals surface area contributed by atoms with Crippen LogP contribution in [0, 0.1) is 0 Å². The highest BCUT2D eigenvalue weighted by molar-refractivity contribution is 5.77. The van der Waals surface area contributed by atoms with E-state index in [1.807, 2.05) is 6.92 Å². The smallest absolute Gasteiger partial charge is 0.404 e. The molecule has 0 aliphatic carbocycles. The van der Waals surface area contributed by atoms with Gasteiger partial charge in [-0.25, -0.2) is 4.79 Å². The van der Waals surface area contributed by atoms with Crippen LogP contribution in [0.3, 0.4) is 0 Å². The third-order valence-corrected chi connectivity index (χ3v) is 1.38. The van der Waals surface area contributed by atoms with Gasteiger partial charge in [0, 0.05) is 13.1 Å². The van der Waals surface area contributed by atoms with Gasteiger partial charge in [0.1, 0.15) is 6.61 Å². The van der Waals surface area contributed by atoms with Crippen molar-refractivity contribution < 1.29 is 14.3 Å². The molecule has 0 rings (SSSR count). The van der Waals surface area contributed by atoms with Crippen molar-refractivity contribution in [3.05, 3.63) is 0 Å². The number of rotatable bonds is 7. The summed E-state index contributed by atoms with van der Waals surface area (Å²) in [4.78, 5) is 21.1. The summed E-state index contributed by atoms with van der Waals surface area (Å²) >= 11 is 0. The van der Waals surface area contributed by atoms with Crippen molar-refractivity contribution in [1.82, 2.24) is 10.6 Å². The van der Waals surface area contributed by atoms with E-state index < -0.39 is 6.09 Å². The lowest BCUT2D eigenvalue weighted by Crippen LogP contribution is -2.35. The molecule has 14 heavy (non-hydrogen) atoms. The summed E-state index contributed by atoms with van der Waals surface area (Å²) < 4.78 is 4.45. The third kappa shape index (κ3) is 8.79. The lowest BCUT2D eigenvalue weighted by atomic mass is 10.4. The number of carbonyl (C=O) groups is 2. The molecular formula is C8H17N3O3. The van der Waals surface area contributed by atoms with Gasteiger partial charge in [-0.15, -0.1) is 0 Å². The van der Waals surface area contributed by atoms with E-state index >= 15 is 0 Å². The summed E-state index contributed by atoms with van der Waals surface area (Å²) in [6, 6.07) is 0. The highest BCUT2D eigenvalue weighted by Crippen LogP contribution is 1.73. The van der Waals surface area contributed by atoms with Crippen molar-refractivity contribution in [2.75, 3.05) is 26.2 Å². The van der Waals surface area contributed by atoms with E-state index in [1.165, 1.54) is 0 Å². The Bertz CT molecular complexity index is 185. The fraction of sp³-hybridized carbons (Fsp3) is 0.750. The third-order valence-electron chi connectivity index (χ3n) is 1.38. The van der Waals surface area contributed by atoms with Gasteiger partial charge < -0.3 is 21.1 Å². The van der Waals surface area contributed by atoms with Gasteiger partial charge in [0.25, 0.3) is 0 Å². The van der Waals surface area contributed by atoms with Crippen molar-refractivity contribution in [3.63, 3.8) is 0 Å². The normalized spacial score (nSPS) is 9.50. The molecule has 0 saturated heterocycles. The van der Waals surface area contributed by atoms with Crippen LogP contribution in [-0.2, 0) is 9.53 Å². The maximum absolute atomic E-state index is 11.0. The van der Waals surface area contributed by atoms with E-state index in [9.17, 15) is 9.59 Å². The number of hydrogen-bond acceptors (Lipinski definition) is 4. The largest absolute Gasteiger partial charge is 0.448 e. The average molecular weight is 203 g/mol. The quantitative estimate of drug-likeness (QED) is 0.472. The Morgan fingerprint density at radius 1 is 1.36 bits per heavy atom. The summed E-state index contributed by atoms with van der Waals surface area (Å²) in [6.45, 7) is 3.48. The fourth-order valence-corrected chi connectivity index (χ4v) is 0.753. The van der Waals surface area contributed by atoms with Gasteiger partial charge >= 0.3 is 6.09 Å². The monoisotopic (exact) mass is 203 g/mol. The van der Waals surface area contributed by atoms with Crippen LogP contribution in [0.25, 0.3) is 0 Å². The minimum atomic E-state index is -0.803. The number of nitrogens with two attached hydrogens (primary N) is 1. The highest BCUT2D eigenvalue weighted by atomic mass is 16.5. The van der Waals surface area contributed by atoms with Crippen LogP contribution in [0.2, 0.25) is 0 Å². The molecule has 0 spiro atoms. The standard InChI is InChI=1S/C8H17N3O3/c1-2-3-11-7(12)6-10-4-5-14-8(9)13/h10H,2-6H2,1H3,(H2,9,13)(H,11,12). The minimum Gasteiger partial charge on any atom is -0.448 e. The lowest BCUT2D eigenvalue weighted by molar-refractivity contribution is -0.120. The van der Waals surface area contributed by atoms with Crippen LogP contribution in [0.1, 0.15) is 13.3 Å². The molecule has 6 nitrogen and oxygen atoms in total. The Hall–Kier alpha value is -1.30. The highest BCUT2D eigenvalue weighted by Gasteiger charge is 1.98. The van der Waals surface area contributed by atoms with Gasteiger partial charge in [0.05, 0.1) is 6.54 Å². The topological polar surface area (TPSA) is 93.4 Å². The molecule has 0 aliphatic heterocycles. The van der Waals surface area contributed by atoms with Crippen molar-refractivity contribution in [3.8, 4) is 0 Å². The molecule has 0 radical (unpaired) electrons. The summed E-state index contributed by atoms with van der Waals surface area (Å²) in [6.07, 6.45) is 0.110. The Balaban J connectivity index is 3.19. The summed E-state index contributed by atoms with van der Waals surface area (Å²) in [5.41, 5.74) is 4.73. The number of carbonyl (C=O) groups excluding carboxylic acids is 2. The van der Waals surface area contributed by atoms with Crippen molar-refractivity contribution in [2.24, 2.45) is 5.73 Å². The fourth-order valence-electron chi connectivity index (χ4n) is 0.753. The van der Waals surface area contributed by atoms with Gasteiger partial charge in [-0.1, -0.05) is 6.92 Å². The summed E-state index contributed by atoms with van der Waals surface area (Å²) in [5, 5.41) is 5.50. The minimum absolute atomic E-state index is 0.0640. The van der Waals surface area contributed by atoms with Crippen LogP contribution in [0.15, 0.2) is 0 Å². The molecular weight excluding hydrogens is 186 g/mol. The van der Waals surface area contributed by atoms with E-state index in [0.29, 0.717) is 13.1 Å². The second-order valence-corrected chi connectivity index (χ2v) is 2.69. The van der Waals surface area contributed by atoms with E-state index in [2.05, 4.69) is 15.4 Å². The maximum Gasteiger partial charge on any atom is 0.404 e. The van der Waals surface area contributed by atoms with Gasteiger partial charge in [-0.3, -0.25) is 4.79 Å². The molecule has 0 atom stereocenters. The maximum atomic E-state index is 11.0. The first-order valence-corrected chi connectivity index (χ1v) is 4.56. The molecule has 0 aromatic heterocycles. The molecule has 6 heteroatoms. The predicted molar refractivity (Wildman–Crippen MR) is 51.7 cm³/mol. The molecule has 0 saturated carbocycles. The van der Waals surface area contributed by atoms with E-state index in [4.69, 9.17) is 5.73 Å². The van der Waals surface area contributed by atoms with Crippen LogP contribution >= 0.6 is 0 Å². The van der Waals surface area contributed by atoms with Crippen LogP contribution in [0.4, 0.5) is 4.79 Å². The molecule has 0 bridgehead atoms. The van der Waals surface area contributed by atoms with Crippen molar-refractivity contribution >= 4 is 12.0 Å². The van der Waals surface area contributed by atoms with Gasteiger partial charge in [-0.2, -0.15) is 0 Å². The average Bonchev–Trinajstić information content (AvgIpc) is 2.13. The summed E-state index contributed by atoms with van der Waals surface area (Å²) in [5.74, 6) is -0.0640. The molecule has 4 N–H and O–H groups in total. The first-order valence-electron chi connectivity index (χ1n) is 4.56. The number of nitrogens with one attached hydrogen (secondary N) is 2. The van der Waals surface area contributed by atoms with Crippen LogP contribution in [0.5, 0.6) is 0 Å². The van der Waals surface area contributed by atoms with E-state index in [1.54, 1.807) is 0 Å². The van der Waals surface area contributed by atoms with E-state index in [0.717, 1.165) is 6.42 Å². The first-order chi connectivity index (χ1) is 6.66. The molecule has 0 unspecified atom stereocenters. The number of ether oxygens (including phenoxy) is 1. The molecule has 0 aromatic rings. The van der Waals surface area contributed by atoms with Gasteiger partial charge in [0.15, 0.2) is 0 Å². The second-order valence-electron chi connectivity index (χ2n) is 2.69. The molecule has 2 amide bonds. The predicted octanol–water partition coefficient (Wildman–Crippen LogP) is -0.802. The number of primary amides is 1. The van der Waals surface area contributed by atoms with Crippen molar-refractivity contribution in [2.45, 2.75) is 13.3 Å². The molecule has 82 valence electrons. The zero-order valence-corrected chi connectivity index (χ0v) is 8.34. The molecule has 0 heterocycles. The Morgan fingerprint density at radius 2 is 2.07 bits per heavy atom.